The number of nitrogens with zero attached hydrogens (tertiary/aromatic N) is 1. The Morgan fingerprint density at radius 3 is 2.44 bits per heavy atom. The molecule has 0 radical (unpaired) electrons. The minimum atomic E-state index is -1.89. The van der Waals surface area contributed by atoms with Crippen LogP contribution in [0.2, 0.25) is 0 Å². The van der Waals surface area contributed by atoms with Gasteiger partial charge in [0.25, 0.3) is 11.6 Å². The van der Waals surface area contributed by atoms with Gasteiger partial charge in [-0.3, -0.25) is 14.9 Å². The molecule has 25 heavy (non-hydrogen) atoms. The zero-order valence-electron chi connectivity index (χ0n) is 13.0. The average molecular weight is 403 g/mol. The van der Waals surface area contributed by atoms with Gasteiger partial charge in [-0.25, -0.2) is 0 Å². The van der Waals surface area contributed by atoms with Crippen LogP contribution >= 0.6 is 34.8 Å². The van der Waals surface area contributed by atoms with Crippen molar-refractivity contribution in [3.8, 4) is 0 Å². The van der Waals surface area contributed by atoms with E-state index in [2.05, 4.69) is 10.6 Å². The summed E-state index contributed by atoms with van der Waals surface area (Å²) in [7, 11) is 0. The maximum absolute atomic E-state index is 12.5. The Hall–Kier alpha value is -2.02. The summed E-state index contributed by atoms with van der Waals surface area (Å²) >= 11 is 17.8. The van der Waals surface area contributed by atoms with Crippen molar-refractivity contribution in [1.29, 1.82) is 0 Å². The molecule has 9 heteroatoms. The molecule has 0 saturated heterocycles. The summed E-state index contributed by atoms with van der Waals surface area (Å²) in [6.45, 7) is 1.89. The van der Waals surface area contributed by atoms with Crippen LogP contribution in [-0.4, -0.2) is 20.8 Å². The van der Waals surface area contributed by atoms with E-state index in [4.69, 9.17) is 34.8 Å². The molecule has 132 valence electrons. The van der Waals surface area contributed by atoms with Crippen LogP contribution in [-0.2, 0) is 0 Å². The molecule has 6 nitrogen and oxygen atoms in total. The second-order valence-electron chi connectivity index (χ2n) is 5.24. The third kappa shape index (κ3) is 5.22. The van der Waals surface area contributed by atoms with Crippen LogP contribution in [0, 0.1) is 17.0 Å². The largest absolute Gasteiger partial charge is 0.362 e. The minimum absolute atomic E-state index is 0.127. The highest BCUT2D eigenvalue weighted by Crippen LogP contribution is 2.31. The first kappa shape index (κ1) is 19.3. The molecule has 0 aliphatic carbocycles. The summed E-state index contributed by atoms with van der Waals surface area (Å²) < 4.78 is -1.89. The van der Waals surface area contributed by atoms with Crippen molar-refractivity contribution < 1.29 is 9.72 Å². The van der Waals surface area contributed by atoms with E-state index in [1.54, 1.807) is 18.2 Å². The molecule has 0 heterocycles. The van der Waals surface area contributed by atoms with Crippen molar-refractivity contribution in [2.45, 2.75) is 16.9 Å². The van der Waals surface area contributed by atoms with Gasteiger partial charge in [-0.2, -0.15) is 0 Å². The molecule has 0 aliphatic rings. The number of nitro benzene ring substituents is 1. The Bertz CT molecular complexity index is 793. The molecule has 0 aliphatic heterocycles. The Morgan fingerprint density at radius 1 is 1.16 bits per heavy atom. The summed E-state index contributed by atoms with van der Waals surface area (Å²) in [5.74, 6) is -0.733. The van der Waals surface area contributed by atoms with Crippen molar-refractivity contribution in [2.75, 3.05) is 5.32 Å². The van der Waals surface area contributed by atoms with Gasteiger partial charge in [0.15, 0.2) is 0 Å². The Morgan fingerprint density at radius 2 is 1.84 bits per heavy atom. The lowest BCUT2D eigenvalue weighted by Crippen LogP contribution is -2.49. The van der Waals surface area contributed by atoms with E-state index in [1.165, 1.54) is 24.3 Å². The number of hydrogen-bond donors (Lipinski definition) is 2. The van der Waals surface area contributed by atoms with Crippen LogP contribution in [0.15, 0.2) is 48.5 Å². The molecule has 2 rings (SSSR count). The van der Waals surface area contributed by atoms with Crippen LogP contribution in [0.3, 0.4) is 0 Å². The van der Waals surface area contributed by atoms with Gasteiger partial charge >= 0.3 is 0 Å². The van der Waals surface area contributed by atoms with Gasteiger partial charge in [0.2, 0.25) is 3.79 Å². The summed E-state index contributed by atoms with van der Waals surface area (Å²) in [5, 5.41) is 16.5. The smallest absolute Gasteiger partial charge is 0.282 e. The van der Waals surface area contributed by atoms with Gasteiger partial charge in [-0.15, -0.1) is 0 Å². The second kappa shape index (κ2) is 7.91. The second-order valence-corrected chi connectivity index (χ2v) is 7.61. The Labute approximate surface area is 159 Å². The number of rotatable bonds is 5. The van der Waals surface area contributed by atoms with Crippen LogP contribution < -0.4 is 10.6 Å². The highest BCUT2D eigenvalue weighted by molar-refractivity contribution is 6.68. The van der Waals surface area contributed by atoms with Crippen molar-refractivity contribution >= 4 is 52.1 Å². The zero-order valence-corrected chi connectivity index (χ0v) is 15.3. The third-order valence-corrected chi connectivity index (χ3v) is 3.93. The number of aryl methyl sites for hydroxylation is 1. The number of para-hydroxylation sites is 1. The first-order valence-corrected chi connectivity index (χ1v) is 8.26. The predicted molar refractivity (Wildman–Crippen MR) is 99.4 cm³/mol. The van der Waals surface area contributed by atoms with E-state index in [-0.39, 0.29) is 11.3 Å². The van der Waals surface area contributed by atoms with Gasteiger partial charge in [0.05, 0.1) is 4.92 Å². The Balaban J connectivity index is 2.26. The number of carbonyl (C=O) groups excluding carboxylic acids is 1. The molecule has 0 unspecified atom stereocenters. The normalized spacial score (nSPS) is 12.3. The number of benzene rings is 2. The van der Waals surface area contributed by atoms with Crippen LogP contribution in [0.1, 0.15) is 15.9 Å². The van der Waals surface area contributed by atoms with Gasteiger partial charge in [-0.05, 0) is 30.7 Å². The van der Waals surface area contributed by atoms with E-state index in [9.17, 15) is 14.9 Å². The zero-order chi connectivity index (χ0) is 18.6. The fourth-order valence-corrected chi connectivity index (χ4v) is 2.46. The van der Waals surface area contributed by atoms with Crippen molar-refractivity contribution in [1.82, 2.24) is 5.32 Å². The molecule has 1 atom stereocenters. The summed E-state index contributed by atoms with van der Waals surface area (Å²) in [6, 6.07) is 12.8. The molecule has 0 fully saturated rings. The summed E-state index contributed by atoms with van der Waals surface area (Å²) in [5.41, 5.74) is 1.13. The SMILES string of the molecule is Cc1cccc(N[C@H](NC(=O)c2ccccc2[N+](=O)[O-])C(Cl)(Cl)Cl)c1. The van der Waals surface area contributed by atoms with E-state index in [1.807, 2.05) is 13.0 Å². The number of hydrogen-bond acceptors (Lipinski definition) is 4. The van der Waals surface area contributed by atoms with Gasteiger partial charge < -0.3 is 10.6 Å². The highest BCUT2D eigenvalue weighted by Gasteiger charge is 2.35. The van der Waals surface area contributed by atoms with E-state index in [0.29, 0.717) is 5.69 Å². The lowest BCUT2D eigenvalue weighted by atomic mass is 10.1. The summed E-state index contributed by atoms with van der Waals surface area (Å²) in [6.07, 6.45) is -1.10. The Kier molecular flexibility index (Phi) is 6.11. The molecule has 0 bridgehead atoms. The van der Waals surface area contributed by atoms with Gasteiger partial charge in [-0.1, -0.05) is 59.1 Å². The van der Waals surface area contributed by atoms with E-state index < -0.39 is 20.8 Å². The predicted octanol–water partition coefficient (Wildman–Crippen LogP) is 4.44. The van der Waals surface area contributed by atoms with E-state index >= 15 is 0 Å². The minimum Gasteiger partial charge on any atom is -0.362 e. The van der Waals surface area contributed by atoms with Crippen LogP contribution in [0.25, 0.3) is 0 Å². The molecule has 0 saturated carbocycles. The number of anilines is 1. The first-order chi connectivity index (χ1) is 11.7. The topological polar surface area (TPSA) is 84.3 Å². The maximum Gasteiger partial charge on any atom is 0.282 e. The number of carbonyl (C=O) groups is 1. The van der Waals surface area contributed by atoms with Gasteiger partial charge in [0.1, 0.15) is 11.7 Å². The standard InChI is InChI=1S/C16H14Cl3N3O3/c1-10-5-4-6-11(9-10)20-15(16(17,18)19)21-14(23)12-7-2-3-8-13(12)22(24)25/h2-9,15,20H,1H3,(H,21,23)/t15-/m1/s1. The molecule has 2 N–H and O–H groups in total. The molecule has 2 aromatic rings. The number of nitrogens with one attached hydrogen (secondary N) is 2. The number of alkyl halides is 3. The van der Waals surface area contributed by atoms with Crippen molar-refractivity contribution in [3.63, 3.8) is 0 Å². The first-order valence-electron chi connectivity index (χ1n) is 7.12. The monoisotopic (exact) mass is 401 g/mol. The molecule has 0 spiro atoms. The van der Waals surface area contributed by atoms with Crippen molar-refractivity contribution in [2.24, 2.45) is 0 Å². The molecular weight excluding hydrogens is 389 g/mol. The summed E-state index contributed by atoms with van der Waals surface area (Å²) in [4.78, 5) is 22.9. The van der Waals surface area contributed by atoms with Crippen molar-refractivity contribution in [3.05, 3.63) is 69.8 Å². The van der Waals surface area contributed by atoms with Gasteiger partial charge in [0, 0.05) is 11.8 Å². The van der Waals surface area contributed by atoms with Crippen LogP contribution in [0.5, 0.6) is 0 Å². The quantitative estimate of drug-likeness (QED) is 0.335. The van der Waals surface area contributed by atoms with E-state index in [0.717, 1.165) is 5.56 Å². The molecule has 1 amide bonds. The fourth-order valence-electron chi connectivity index (χ4n) is 2.13. The lowest BCUT2D eigenvalue weighted by Gasteiger charge is -2.27. The lowest BCUT2D eigenvalue weighted by molar-refractivity contribution is -0.385. The molecular formula is C16H14Cl3N3O3. The molecule has 2 aromatic carbocycles. The molecule has 0 aromatic heterocycles. The average Bonchev–Trinajstić information content (AvgIpc) is 2.53. The highest BCUT2D eigenvalue weighted by atomic mass is 35.6. The maximum atomic E-state index is 12.5. The number of nitro groups is 1. The van der Waals surface area contributed by atoms with Crippen LogP contribution in [0.4, 0.5) is 11.4 Å². The number of halogens is 3. The third-order valence-electron chi connectivity index (χ3n) is 3.28. The fraction of sp³-hybridized carbons (Fsp3) is 0.188. The number of amides is 1.